The summed E-state index contributed by atoms with van der Waals surface area (Å²) in [6.07, 6.45) is -3.91. The van der Waals surface area contributed by atoms with E-state index in [2.05, 4.69) is 12.6 Å². The Hall–Kier alpha value is -1.97. The molecule has 0 aromatic heterocycles. The van der Waals surface area contributed by atoms with Crippen LogP contribution in [0.4, 0.5) is 4.79 Å². The Balaban J connectivity index is 2.40. The number of carbonyl (C=O) groups is 4. The van der Waals surface area contributed by atoms with Crippen LogP contribution in [0.5, 0.6) is 0 Å². The van der Waals surface area contributed by atoms with Crippen molar-refractivity contribution in [1.29, 1.82) is 0 Å². The van der Waals surface area contributed by atoms with E-state index in [0.29, 0.717) is 0 Å². The van der Waals surface area contributed by atoms with Gasteiger partial charge < -0.3 is 18.9 Å². The van der Waals surface area contributed by atoms with Gasteiger partial charge in [-0.05, 0) is 0 Å². The highest BCUT2D eigenvalue weighted by molar-refractivity contribution is 7.81. The predicted molar refractivity (Wildman–Crippen MR) is 76.4 cm³/mol. The fraction of sp³-hybridized carbons (Fsp3) is 0.692. The molecule has 128 valence electrons. The molecule has 0 unspecified atom stereocenters. The lowest BCUT2D eigenvalue weighted by molar-refractivity contribution is -0.200. The van der Waals surface area contributed by atoms with Crippen LogP contribution in [0.15, 0.2) is 0 Å². The zero-order valence-electron chi connectivity index (χ0n) is 12.8. The van der Waals surface area contributed by atoms with Crippen LogP contribution in [0.1, 0.15) is 20.8 Å². The van der Waals surface area contributed by atoms with Crippen molar-refractivity contribution in [2.24, 2.45) is 0 Å². The Morgan fingerprint density at radius 2 is 1.48 bits per heavy atom. The van der Waals surface area contributed by atoms with Gasteiger partial charge in [0.05, 0.1) is 0 Å². The van der Waals surface area contributed by atoms with Crippen molar-refractivity contribution in [2.75, 3.05) is 6.61 Å². The number of piperidine rings is 1. The molecule has 2 aliphatic heterocycles. The van der Waals surface area contributed by atoms with Crippen molar-refractivity contribution in [1.82, 2.24) is 4.90 Å². The van der Waals surface area contributed by atoms with Crippen molar-refractivity contribution in [3.8, 4) is 0 Å². The molecule has 0 radical (unpaired) electrons. The molecular formula is C13H17NO8S. The second kappa shape index (κ2) is 6.65. The molecule has 2 heterocycles. The van der Waals surface area contributed by atoms with Crippen molar-refractivity contribution < 1.29 is 38.1 Å². The van der Waals surface area contributed by atoms with Gasteiger partial charge in [-0.3, -0.25) is 19.3 Å². The number of thiol groups is 1. The van der Waals surface area contributed by atoms with E-state index in [1.165, 1.54) is 25.7 Å². The SMILES string of the molecule is CC(=O)O[C@@H]1[C@@H](OC(C)=O)[C@H](S)N2C(=O)OC[C@@H]2[C@H]1OC(C)=O. The molecule has 5 atom stereocenters. The minimum absolute atomic E-state index is 0.0571. The van der Waals surface area contributed by atoms with Crippen LogP contribution in [0.2, 0.25) is 0 Å². The normalized spacial score (nSPS) is 32.6. The maximum absolute atomic E-state index is 11.9. The minimum Gasteiger partial charge on any atom is -0.456 e. The zero-order valence-corrected chi connectivity index (χ0v) is 13.6. The molecule has 23 heavy (non-hydrogen) atoms. The molecule has 2 aliphatic rings. The number of fused-ring (bicyclic) bond motifs is 1. The lowest BCUT2D eigenvalue weighted by Crippen LogP contribution is -2.66. The average molecular weight is 347 g/mol. The first-order valence-electron chi connectivity index (χ1n) is 6.87. The monoisotopic (exact) mass is 347 g/mol. The Bertz CT molecular complexity index is 538. The van der Waals surface area contributed by atoms with Gasteiger partial charge in [0.2, 0.25) is 0 Å². The number of cyclic esters (lactones) is 1. The van der Waals surface area contributed by atoms with Crippen molar-refractivity contribution in [3.05, 3.63) is 0 Å². The number of nitrogens with zero attached hydrogens (tertiary/aromatic N) is 1. The maximum atomic E-state index is 11.9. The molecule has 2 saturated heterocycles. The van der Waals surface area contributed by atoms with Crippen molar-refractivity contribution >= 4 is 36.6 Å². The Labute approximate surface area is 137 Å². The molecule has 0 aromatic rings. The van der Waals surface area contributed by atoms with E-state index in [0.717, 1.165) is 0 Å². The number of esters is 3. The Morgan fingerprint density at radius 3 is 2.00 bits per heavy atom. The number of amides is 1. The van der Waals surface area contributed by atoms with E-state index in [9.17, 15) is 19.2 Å². The molecule has 0 bridgehead atoms. The van der Waals surface area contributed by atoms with Crippen LogP contribution in [0, 0.1) is 0 Å². The van der Waals surface area contributed by atoms with Gasteiger partial charge in [0, 0.05) is 20.8 Å². The fourth-order valence-electron chi connectivity index (χ4n) is 2.72. The third-order valence-electron chi connectivity index (χ3n) is 3.46. The quantitative estimate of drug-likeness (QED) is 0.427. The molecule has 0 aromatic carbocycles. The highest BCUT2D eigenvalue weighted by Crippen LogP contribution is 2.36. The first kappa shape index (κ1) is 17.4. The number of hydrogen-bond acceptors (Lipinski definition) is 9. The summed E-state index contributed by atoms with van der Waals surface area (Å²) < 4.78 is 20.5. The number of carbonyl (C=O) groups excluding carboxylic acids is 4. The van der Waals surface area contributed by atoms with Crippen LogP contribution in [-0.4, -0.2) is 65.2 Å². The molecule has 1 amide bonds. The molecule has 10 heteroatoms. The van der Waals surface area contributed by atoms with Crippen LogP contribution < -0.4 is 0 Å². The first-order chi connectivity index (χ1) is 10.7. The van der Waals surface area contributed by atoms with Crippen LogP contribution in [-0.2, 0) is 33.3 Å². The third kappa shape index (κ3) is 3.52. The van der Waals surface area contributed by atoms with E-state index in [1.54, 1.807) is 0 Å². The number of rotatable bonds is 3. The standard InChI is InChI=1S/C13H17NO8S/c1-5(15)20-9-8-4-19-13(18)14(8)12(23)11(22-7(3)17)10(9)21-6(2)16/h8-12,23H,4H2,1-3H3/t8-,9-,10+,11-,12+/m1/s1. The smallest absolute Gasteiger partial charge is 0.411 e. The average Bonchev–Trinajstić information content (AvgIpc) is 2.79. The predicted octanol–water partition coefficient (Wildman–Crippen LogP) is -0.128. The summed E-state index contributed by atoms with van der Waals surface area (Å²) in [5, 5.41) is -0.907. The molecule has 2 fully saturated rings. The first-order valence-corrected chi connectivity index (χ1v) is 7.38. The summed E-state index contributed by atoms with van der Waals surface area (Å²) in [5.74, 6) is -1.94. The van der Waals surface area contributed by atoms with Crippen molar-refractivity contribution in [3.63, 3.8) is 0 Å². The van der Waals surface area contributed by atoms with Gasteiger partial charge in [0.15, 0.2) is 18.3 Å². The van der Waals surface area contributed by atoms with E-state index >= 15 is 0 Å². The molecule has 2 rings (SSSR count). The summed E-state index contributed by atoms with van der Waals surface area (Å²) >= 11 is 4.29. The van der Waals surface area contributed by atoms with Crippen molar-refractivity contribution in [2.45, 2.75) is 50.5 Å². The van der Waals surface area contributed by atoms with Gasteiger partial charge in [-0.1, -0.05) is 0 Å². The van der Waals surface area contributed by atoms with Crippen LogP contribution in [0.25, 0.3) is 0 Å². The third-order valence-corrected chi connectivity index (χ3v) is 4.00. The topological polar surface area (TPSA) is 108 Å². The summed E-state index contributed by atoms with van der Waals surface area (Å²) in [6, 6.07) is -0.690. The summed E-state index contributed by atoms with van der Waals surface area (Å²) in [7, 11) is 0. The molecular weight excluding hydrogens is 330 g/mol. The highest BCUT2D eigenvalue weighted by Gasteiger charge is 2.58. The second-order valence-electron chi connectivity index (χ2n) is 5.19. The largest absolute Gasteiger partial charge is 0.456 e. The lowest BCUT2D eigenvalue weighted by Gasteiger charge is -2.45. The van der Waals surface area contributed by atoms with Gasteiger partial charge in [-0.2, -0.15) is 12.6 Å². The minimum atomic E-state index is -1.11. The van der Waals surface area contributed by atoms with E-state index in [1.807, 2.05) is 0 Å². The lowest BCUT2D eigenvalue weighted by atomic mass is 9.94. The summed E-state index contributed by atoms with van der Waals surface area (Å²) in [6.45, 7) is 3.46. The van der Waals surface area contributed by atoms with E-state index in [4.69, 9.17) is 18.9 Å². The zero-order chi connectivity index (χ0) is 17.3. The van der Waals surface area contributed by atoms with Gasteiger partial charge >= 0.3 is 24.0 Å². The molecule has 9 nitrogen and oxygen atoms in total. The fourth-order valence-corrected chi connectivity index (χ4v) is 3.22. The van der Waals surface area contributed by atoms with E-state index < -0.39 is 53.7 Å². The van der Waals surface area contributed by atoms with E-state index in [-0.39, 0.29) is 6.61 Å². The second-order valence-corrected chi connectivity index (χ2v) is 5.72. The molecule has 0 saturated carbocycles. The molecule has 0 N–H and O–H groups in total. The molecule has 0 spiro atoms. The van der Waals surface area contributed by atoms with Gasteiger partial charge in [-0.25, -0.2) is 4.79 Å². The van der Waals surface area contributed by atoms with Crippen LogP contribution >= 0.6 is 12.6 Å². The van der Waals surface area contributed by atoms with Gasteiger partial charge in [-0.15, -0.1) is 0 Å². The summed E-state index contributed by atoms with van der Waals surface area (Å²) in [4.78, 5) is 47.2. The Kier molecular flexibility index (Phi) is 5.03. The van der Waals surface area contributed by atoms with Crippen LogP contribution in [0.3, 0.4) is 0 Å². The Morgan fingerprint density at radius 1 is 1.00 bits per heavy atom. The number of ether oxygens (including phenoxy) is 4. The summed E-state index contributed by atoms with van der Waals surface area (Å²) in [5.41, 5.74) is 0. The highest BCUT2D eigenvalue weighted by atomic mass is 32.1. The molecule has 0 aliphatic carbocycles. The maximum Gasteiger partial charge on any atom is 0.411 e. The number of hydrogen-bond donors (Lipinski definition) is 1. The van der Waals surface area contributed by atoms with Gasteiger partial charge in [0.25, 0.3) is 0 Å². The van der Waals surface area contributed by atoms with Gasteiger partial charge in [0.1, 0.15) is 18.0 Å².